The number of nitrogens with zero attached hydrogens (tertiary/aromatic N) is 2. The zero-order valence-corrected chi connectivity index (χ0v) is 12.8. The summed E-state index contributed by atoms with van der Waals surface area (Å²) in [5.74, 6) is 1.47. The maximum Gasteiger partial charge on any atom is 0.238 e. The van der Waals surface area contributed by atoms with Gasteiger partial charge in [-0.1, -0.05) is 26.0 Å². The Kier molecular flexibility index (Phi) is 5.35. The molecule has 1 heterocycles. The van der Waals surface area contributed by atoms with Gasteiger partial charge in [0.1, 0.15) is 6.07 Å². The molecule has 2 rings (SSSR count). The number of para-hydroxylation sites is 1. The van der Waals surface area contributed by atoms with Crippen molar-refractivity contribution in [1.29, 1.82) is 5.26 Å². The maximum atomic E-state index is 12.1. The summed E-state index contributed by atoms with van der Waals surface area (Å²) < 4.78 is 0. The van der Waals surface area contributed by atoms with Crippen molar-refractivity contribution < 1.29 is 4.79 Å². The Morgan fingerprint density at radius 1 is 1.38 bits per heavy atom. The van der Waals surface area contributed by atoms with Crippen LogP contribution in [0.2, 0.25) is 0 Å². The molecule has 1 amide bonds. The topological polar surface area (TPSA) is 56.1 Å². The van der Waals surface area contributed by atoms with Crippen LogP contribution < -0.4 is 5.32 Å². The van der Waals surface area contributed by atoms with E-state index in [2.05, 4.69) is 30.1 Å². The zero-order valence-electron chi connectivity index (χ0n) is 12.8. The lowest BCUT2D eigenvalue weighted by Crippen LogP contribution is -2.40. The van der Waals surface area contributed by atoms with Crippen LogP contribution in [-0.2, 0) is 4.79 Å². The van der Waals surface area contributed by atoms with Crippen LogP contribution in [0.15, 0.2) is 24.3 Å². The molecule has 0 atom stereocenters. The van der Waals surface area contributed by atoms with Gasteiger partial charge >= 0.3 is 0 Å². The minimum absolute atomic E-state index is 0.0410. The van der Waals surface area contributed by atoms with E-state index in [0.717, 1.165) is 24.9 Å². The highest BCUT2D eigenvalue weighted by Crippen LogP contribution is 2.24. The molecule has 1 N–H and O–H groups in total. The second-order valence-corrected chi connectivity index (χ2v) is 6.06. The fourth-order valence-electron chi connectivity index (χ4n) is 2.86. The van der Waals surface area contributed by atoms with Gasteiger partial charge < -0.3 is 5.32 Å². The average molecular weight is 285 g/mol. The molecule has 0 spiro atoms. The molecule has 4 heteroatoms. The SMILES string of the molecule is CC(C)C1CCN(CC(=O)Nc2ccccc2C#N)CC1. The Bertz CT molecular complexity index is 525. The van der Waals surface area contributed by atoms with Gasteiger partial charge in [0.25, 0.3) is 0 Å². The summed E-state index contributed by atoms with van der Waals surface area (Å²) in [5.41, 5.74) is 1.10. The molecular formula is C17H23N3O. The number of rotatable bonds is 4. The van der Waals surface area contributed by atoms with E-state index in [1.165, 1.54) is 12.8 Å². The molecule has 112 valence electrons. The summed E-state index contributed by atoms with van der Waals surface area (Å²) in [4.78, 5) is 14.3. The molecule has 1 fully saturated rings. The molecule has 21 heavy (non-hydrogen) atoms. The Morgan fingerprint density at radius 2 is 2.05 bits per heavy atom. The first-order valence-electron chi connectivity index (χ1n) is 7.61. The number of anilines is 1. The van der Waals surface area contributed by atoms with E-state index in [0.29, 0.717) is 17.8 Å². The van der Waals surface area contributed by atoms with Crippen LogP contribution in [-0.4, -0.2) is 30.4 Å². The first-order valence-corrected chi connectivity index (χ1v) is 7.61. The third-order valence-electron chi connectivity index (χ3n) is 4.26. The smallest absolute Gasteiger partial charge is 0.238 e. The van der Waals surface area contributed by atoms with E-state index in [4.69, 9.17) is 5.26 Å². The van der Waals surface area contributed by atoms with Crippen LogP contribution in [0.25, 0.3) is 0 Å². The summed E-state index contributed by atoms with van der Waals surface area (Å²) in [6, 6.07) is 9.19. The number of hydrogen-bond acceptors (Lipinski definition) is 3. The molecule has 0 unspecified atom stereocenters. The van der Waals surface area contributed by atoms with E-state index in [1.807, 2.05) is 6.07 Å². The highest BCUT2D eigenvalue weighted by Gasteiger charge is 2.22. The zero-order chi connectivity index (χ0) is 15.2. The number of amides is 1. The van der Waals surface area contributed by atoms with E-state index >= 15 is 0 Å². The maximum absolute atomic E-state index is 12.1. The van der Waals surface area contributed by atoms with Crippen molar-refractivity contribution in [2.75, 3.05) is 25.0 Å². The van der Waals surface area contributed by atoms with Gasteiger partial charge in [-0.15, -0.1) is 0 Å². The molecule has 1 aliphatic rings. The lowest BCUT2D eigenvalue weighted by Gasteiger charge is -2.33. The first-order chi connectivity index (χ1) is 10.1. The van der Waals surface area contributed by atoms with E-state index in [9.17, 15) is 4.79 Å². The van der Waals surface area contributed by atoms with Crippen molar-refractivity contribution in [2.24, 2.45) is 11.8 Å². The molecule has 0 bridgehead atoms. The van der Waals surface area contributed by atoms with E-state index < -0.39 is 0 Å². The van der Waals surface area contributed by atoms with Crippen molar-refractivity contribution in [1.82, 2.24) is 4.90 Å². The number of benzene rings is 1. The lowest BCUT2D eigenvalue weighted by atomic mass is 9.87. The number of nitriles is 1. The molecule has 1 aliphatic heterocycles. The second-order valence-electron chi connectivity index (χ2n) is 6.06. The first kappa shape index (κ1) is 15.5. The fourth-order valence-corrected chi connectivity index (χ4v) is 2.86. The van der Waals surface area contributed by atoms with Crippen LogP contribution in [0.1, 0.15) is 32.3 Å². The van der Waals surface area contributed by atoms with Crippen molar-refractivity contribution >= 4 is 11.6 Å². The molecular weight excluding hydrogens is 262 g/mol. The van der Waals surface area contributed by atoms with Gasteiger partial charge in [0.2, 0.25) is 5.91 Å². The van der Waals surface area contributed by atoms with Gasteiger partial charge in [0.15, 0.2) is 0 Å². The monoisotopic (exact) mass is 285 g/mol. The third-order valence-corrected chi connectivity index (χ3v) is 4.26. The van der Waals surface area contributed by atoms with Crippen LogP contribution in [0.4, 0.5) is 5.69 Å². The summed E-state index contributed by atoms with van der Waals surface area (Å²) in [5, 5.41) is 11.9. The van der Waals surface area contributed by atoms with E-state index in [-0.39, 0.29) is 5.91 Å². The molecule has 1 aromatic carbocycles. The number of piperidine rings is 1. The number of likely N-dealkylation sites (tertiary alicyclic amines) is 1. The Hall–Kier alpha value is -1.86. The molecule has 0 saturated carbocycles. The molecule has 0 aliphatic carbocycles. The highest BCUT2D eigenvalue weighted by molar-refractivity contribution is 5.93. The van der Waals surface area contributed by atoms with E-state index in [1.54, 1.807) is 18.2 Å². The van der Waals surface area contributed by atoms with Crippen molar-refractivity contribution in [3.8, 4) is 6.07 Å². The minimum Gasteiger partial charge on any atom is -0.324 e. The van der Waals surface area contributed by atoms with Gasteiger partial charge in [-0.2, -0.15) is 5.26 Å². The normalized spacial score (nSPS) is 16.7. The van der Waals surface area contributed by atoms with Crippen molar-refractivity contribution in [3.05, 3.63) is 29.8 Å². The van der Waals surface area contributed by atoms with Crippen LogP contribution >= 0.6 is 0 Å². The Balaban J connectivity index is 1.85. The number of hydrogen-bond donors (Lipinski definition) is 1. The third kappa shape index (κ3) is 4.30. The molecule has 0 radical (unpaired) electrons. The molecule has 1 aromatic rings. The average Bonchev–Trinajstić information content (AvgIpc) is 2.48. The van der Waals surface area contributed by atoms with Gasteiger partial charge in [-0.3, -0.25) is 9.69 Å². The largest absolute Gasteiger partial charge is 0.324 e. The van der Waals surface area contributed by atoms with Crippen LogP contribution in [0.5, 0.6) is 0 Å². The standard InChI is InChI=1S/C17H23N3O/c1-13(2)14-7-9-20(10-8-14)12-17(21)19-16-6-4-3-5-15(16)11-18/h3-6,13-14H,7-10,12H2,1-2H3,(H,19,21). The van der Waals surface area contributed by atoms with Gasteiger partial charge in [0, 0.05) is 0 Å². The fraction of sp³-hybridized carbons (Fsp3) is 0.529. The van der Waals surface area contributed by atoms with Gasteiger partial charge in [-0.25, -0.2) is 0 Å². The lowest BCUT2D eigenvalue weighted by molar-refractivity contribution is -0.117. The molecule has 1 saturated heterocycles. The molecule has 4 nitrogen and oxygen atoms in total. The number of nitrogens with one attached hydrogen (secondary N) is 1. The highest BCUT2D eigenvalue weighted by atomic mass is 16.2. The Morgan fingerprint density at radius 3 is 2.67 bits per heavy atom. The summed E-state index contributed by atoms with van der Waals surface area (Å²) in [6.45, 7) is 6.91. The van der Waals surface area contributed by atoms with Crippen molar-refractivity contribution in [3.63, 3.8) is 0 Å². The van der Waals surface area contributed by atoms with Crippen molar-refractivity contribution in [2.45, 2.75) is 26.7 Å². The van der Waals surface area contributed by atoms with Crippen LogP contribution in [0, 0.1) is 23.2 Å². The predicted molar refractivity (Wildman–Crippen MR) is 83.8 cm³/mol. The quantitative estimate of drug-likeness (QED) is 0.925. The summed E-state index contributed by atoms with van der Waals surface area (Å²) in [6.07, 6.45) is 2.33. The van der Waals surface area contributed by atoms with Gasteiger partial charge in [0.05, 0.1) is 17.8 Å². The van der Waals surface area contributed by atoms with Crippen LogP contribution in [0.3, 0.4) is 0 Å². The van der Waals surface area contributed by atoms with Gasteiger partial charge in [-0.05, 0) is 49.9 Å². The Labute approximate surface area is 126 Å². The number of carbonyl (C=O) groups excluding carboxylic acids is 1. The number of carbonyl (C=O) groups is 1. The summed E-state index contributed by atoms with van der Waals surface area (Å²) >= 11 is 0. The second kappa shape index (κ2) is 7.24. The summed E-state index contributed by atoms with van der Waals surface area (Å²) in [7, 11) is 0. The molecule has 0 aromatic heterocycles. The minimum atomic E-state index is -0.0410. The predicted octanol–water partition coefficient (Wildman–Crippen LogP) is 2.86.